The van der Waals surface area contributed by atoms with Crippen molar-refractivity contribution in [3.63, 3.8) is 0 Å². The van der Waals surface area contributed by atoms with Crippen molar-refractivity contribution in [2.75, 3.05) is 26.7 Å². The number of amides is 2. The maximum atomic E-state index is 12.3. The molecule has 0 aliphatic carbocycles. The fraction of sp³-hybridized carbons (Fsp3) is 0.471. The van der Waals surface area contributed by atoms with Gasteiger partial charge >= 0.3 is 5.97 Å². The van der Waals surface area contributed by atoms with Crippen LogP contribution in [0.5, 0.6) is 0 Å². The van der Waals surface area contributed by atoms with Crippen molar-refractivity contribution >= 4 is 23.5 Å². The maximum Gasteiger partial charge on any atom is 0.308 e. The number of carbonyl (C=O) groups excluding carboxylic acids is 2. The molecule has 0 aromatic heterocycles. The molecule has 140 valence electrons. The Bertz CT molecular complexity index is 720. The summed E-state index contributed by atoms with van der Waals surface area (Å²) >= 11 is 0. The van der Waals surface area contributed by atoms with Gasteiger partial charge in [0.1, 0.15) is 0 Å². The van der Waals surface area contributed by atoms with Crippen molar-refractivity contribution in [1.29, 1.82) is 0 Å². The van der Waals surface area contributed by atoms with E-state index in [9.17, 15) is 24.5 Å². The van der Waals surface area contributed by atoms with E-state index >= 15 is 0 Å². The predicted molar refractivity (Wildman–Crippen MR) is 91.4 cm³/mol. The number of non-ortho nitro benzene ring substituents is 1. The van der Waals surface area contributed by atoms with Gasteiger partial charge in [-0.05, 0) is 18.4 Å². The van der Waals surface area contributed by atoms with Gasteiger partial charge in [-0.15, -0.1) is 0 Å². The van der Waals surface area contributed by atoms with Gasteiger partial charge in [-0.1, -0.05) is 12.1 Å². The molecule has 1 saturated heterocycles. The zero-order chi connectivity index (χ0) is 19.3. The van der Waals surface area contributed by atoms with Gasteiger partial charge in [-0.2, -0.15) is 0 Å². The number of likely N-dealkylation sites (tertiary alicyclic amines) is 1. The first-order chi connectivity index (χ1) is 12.3. The van der Waals surface area contributed by atoms with Crippen LogP contribution < -0.4 is 0 Å². The normalized spacial score (nSPS) is 16.8. The lowest BCUT2D eigenvalue weighted by molar-refractivity contribution is -0.384. The number of aliphatic carboxylic acids is 1. The van der Waals surface area contributed by atoms with E-state index < -0.39 is 16.8 Å². The van der Waals surface area contributed by atoms with Crippen LogP contribution in [0.15, 0.2) is 24.3 Å². The minimum absolute atomic E-state index is 0.0524. The maximum absolute atomic E-state index is 12.3. The standard InChI is InChI=1S/C17H21N3O6/c1-18(11-16(22)19-7-3-5-13(10-19)17(23)24)15(21)9-12-4-2-6-14(8-12)20(25)26/h2,4,6,8,13H,3,5,7,9-11H2,1H3,(H,23,24). The molecule has 2 amide bonds. The van der Waals surface area contributed by atoms with Crippen LogP contribution in [0.1, 0.15) is 18.4 Å². The zero-order valence-electron chi connectivity index (χ0n) is 14.5. The van der Waals surface area contributed by atoms with Gasteiger partial charge in [0.15, 0.2) is 0 Å². The zero-order valence-corrected chi connectivity index (χ0v) is 14.5. The number of piperidine rings is 1. The highest BCUT2D eigenvalue weighted by Gasteiger charge is 2.29. The lowest BCUT2D eigenvalue weighted by Gasteiger charge is -2.32. The monoisotopic (exact) mass is 363 g/mol. The molecule has 1 aromatic carbocycles. The Morgan fingerprint density at radius 3 is 2.77 bits per heavy atom. The predicted octanol–water partition coefficient (Wildman–Crippen LogP) is 0.919. The Morgan fingerprint density at radius 2 is 2.12 bits per heavy atom. The summed E-state index contributed by atoms with van der Waals surface area (Å²) in [6.45, 7) is 0.483. The minimum atomic E-state index is -0.919. The van der Waals surface area contributed by atoms with Gasteiger partial charge in [0, 0.05) is 32.3 Å². The second-order valence-electron chi connectivity index (χ2n) is 6.37. The van der Waals surface area contributed by atoms with Crippen molar-refractivity contribution in [3.8, 4) is 0 Å². The van der Waals surface area contributed by atoms with E-state index in [0.717, 1.165) is 0 Å². The van der Waals surface area contributed by atoms with Gasteiger partial charge in [-0.3, -0.25) is 24.5 Å². The molecule has 9 heteroatoms. The van der Waals surface area contributed by atoms with Gasteiger partial charge in [0.05, 0.1) is 23.8 Å². The molecule has 1 heterocycles. The summed E-state index contributed by atoms with van der Waals surface area (Å²) in [7, 11) is 1.48. The van der Waals surface area contributed by atoms with E-state index in [4.69, 9.17) is 5.11 Å². The van der Waals surface area contributed by atoms with E-state index in [2.05, 4.69) is 0 Å². The molecule has 1 aliphatic rings. The number of likely N-dealkylation sites (N-methyl/N-ethyl adjacent to an activating group) is 1. The third-order valence-corrected chi connectivity index (χ3v) is 4.40. The first-order valence-corrected chi connectivity index (χ1v) is 8.26. The Kier molecular flexibility index (Phi) is 6.26. The molecule has 9 nitrogen and oxygen atoms in total. The summed E-state index contributed by atoms with van der Waals surface area (Å²) in [5, 5.41) is 19.9. The second-order valence-corrected chi connectivity index (χ2v) is 6.37. The molecule has 0 spiro atoms. The Hall–Kier alpha value is -2.97. The number of carboxylic acid groups (broad SMARTS) is 1. The quantitative estimate of drug-likeness (QED) is 0.592. The number of carboxylic acids is 1. The van der Waals surface area contributed by atoms with E-state index in [1.807, 2.05) is 0 Å². The SMILES string of the molecule is CN(CC(=O)N1CCCC(C(=O)O)C1)C(=O)Cc1cccc([N+](=O)[O-])c1. The Balaban J connectivity index is 1.92. The number of rotatable bonds is 6. The fourth-order valence-corrected chi connectivity index (χ4v) is 2.89. The van der Waals surface area contributed by atoms with Crippen LogP contribution in [-0.2, 0) is 20.8 Å². The summed E-state index contributed by atoms with van der Waals surface area (Å²) in [6, 6.07) is 5.79. The molecule has 1 N–H and O–H groups in total. The summed E-state index contributed by atoms with van der Waals surface area (Å²) in [5.74, 6) is -2.13. The number of hydrogen-bond donors (Lipinski definition) is 1. The lowest BCUT2D eigenvalue weighted by Crippen LogP contribution is -2.47. The summed E-state index contributed by atoms with van der Waals surface area (Å²) in [6.07, 6.45) is 1.11. The van der Waals surface area contributed by atoms with Crippen LogP contribution in [0.3, 0.4) is 0 Å². The summed E-state index contributed by atoms with van der Waals surface area (Å²) in [4.78, 5) is 48.7. The Morgan fingerprint density at radius 1 is 1.38 bits per heavy atom. The lowest BCUT2D eigenvalue weighted by atomic mass is 9.98. The molecule has 1 aliphatic heterocycles. The molecule has 1 atom stereocenters. The number of nitrogens with zero attached hydrogens (tertiary/aromatic N) is 3. The molecule has 1 fully saturated rings. The molecule has 0 radical (unpaired) electrons. The van der Waals surface area contributed by atoms with E-state index in [0.29, 0.717) is 24.9 Å². The molecule has 1 aromatic rings. The molecule has 0 saturated carbocycles. The van der Waals surface area contributed by atoms with E-state index in [1.54, 1.807) is 6.07 Å². The van der Waals surface area contributed by atoms with Crippen LogP contribution in [0.25, 0.3) is 0 Å². The number of nitro groups is 1. The third kappa shape index (κ3) is 5.01. The number of nitro benzene ring substituents is 1. The topological polar surface area (TPSA) is 121 Å². The second kappa shape index (κ2) is 8.41. The first kappa shape index (κ1) is 19.4. The Labute approximate surface area is 150 Å². The van der Waals surface area contributed by atoms with Crippen molar-refractivity contribution in [3.05, 3.63) is 39.9 Å². The van der Waals surface area contributed by atoms with Crippen LogP contribution in [0.2, 0.25) is 0 Å². The molecular weight excluding hydrogens is 342 g/mol. The van der Waals surface area contributed by atoms with Crippen LogP contribution in [0, 0.1) is 16.0 Å². The minimum Gasteiger partial charge on any atom is -0.481 e. The highest BCUT2D eigenvalue weighted by molar-refractivity contribution is 5.86. The van der Waals surface area contributed by atoms with Crippen LogP contribution in [-0.4, -0.2) is 64.3 Å². The summed E-state index contributed by atoms with van der Waals surface area (Å²) < 4.78 is 0. The van der Waals surface area contributed by atoms with Gasteiger partial charge in [0.2, 0.25) is 11.8 Å². The number of hydrogen-bond acceptors (Lipinski definition) is 5. The molecule has 2 rings (SSSR count). The first-order valence-electron chi connectivity index (χ1n) is 8.26. The van der Waals surface area contributed by atoms with Gasteiger partial charge < -0.3 is 14.9 Å². The largest absolute Gasteiger partial charge is 0.481 e. The van der Waals surface area contributed by atoms with Crippen molar-refractivity contribution in [2.24, 2.45) is 5.92 Å². The summed E-state index contributed by atoms with van der Waals surface area (Å²) in [5.41, 5.74) is 0.398. The molecule has 26 heavy (non-hydrogen) atoms. The van der Waals surface area contributed by atoms with Gasteiger partial charge in [0.25, 0.3) is 5.69 Å². The number of carbonyl (C=O) groups is 3. The molecular formula is C17H21N3O6. The fourth-order valence-electron chi connectivity index (χ4n) is 2.89. The van der Waals surface area contributed by atoms with Gasteiger partial charge in [-0.25, -0.2) is 0 Å². The number of benzene rings is 1. The molecule has 1 unspecified atom stereocenters. The van der Waals surface area contributed by atoms with Crippen LogP contribution in [0.4, 0.5) is 5.69 Å². The van der Waals surface area contributed by atoms with Crippen molar-refractivity contribution < 1.29 is 24.4 Å². The highest BCUT2D eigenvalue weighted by Crippen LogP contribution is 2.17. The average Bonchev–Trinajstić information content (AvgIpc) is 2.61. The highest BCUT2D eigenvalue weighted by atomic mass is 16.6. The van der Waals surface area contributed by atoms with Crippen molar-refractivity contribution in [2.45, 2.75) is 19.3 Å². The van der Waals surface area contributed by atoms with Crippen LogP contribution >= 0.6 is 0 Å². The van der Waals surface area contributed by atoms with Crippen molar-refractivity contribution in [1.82, 2.24) is 9.80 Å². The average molecular weight is 363 g/mol. The molecule has 0 bridgehead atoms. The van der Waals surface area contributed by atoms with E-state index in [-0.39, 0.29) is 37.0 Å². The smallest absolute Gasteiger partial charge is 0.308 e. The van der Waals surface area contributed by atoms with E-state index in [1.165, 1.54) is 35.0 Å². The third-order valence-electron chi connectivity index (χ3n) is 4.40.